The summed E-state index contributed by atoms with van der Waals surface area (Å²) in [5, 5.41) is 3.37. The van der Waals surface area contributed by atoms with E-state index in [-0.39, 0.29) is 5.75 Å². The van der Waals surface area contributed by atoms with Crippen LogP contribution in [-0.4, -0.2) is 14.2 Å². The van der Waals surface area contributed by atoms with Crippen LogP contribution in [0.4, 0.5) is 5.69 Å². The molecule has 1 atom stereocenters. The molecule has 0 aliphatic heterocycles. The number of hydrogen-bond acceptors (Lipinski definition) is 4. The predicted molar refractivity (Wildman–Crippen MR) is 63.3 cm³/mol. The zero-order chi connectivity index (χ0) is 13.0. The Balaban J connectivity index is 2.19. The van der Waals surface area contributed by atoms with Crippen molar-refractivity contribution in [3.8, 4) is 5.75 Å². The van der Waals surface area contributed by atoms with Crippen molar-refractivity contribution in [2.24, 2.45) is 5.11 Å². The number of imidazole rings is 1. The highest BCUT2D eigenvalue weighted by Crippen LogP contribution is 2.43. The van der Waals surface area contributed by atoms with Gasteiger partial charge in [0.2, 0.25) is 0 Å². The van der Waals surface area contributed by atoms with Crippen molar-refractivity contribution in [1.29, 1.82) is 0 Å². The maximum atomic E-state index is 11.8. The summed E-state index contributed by atoms with van der Waals surface area (Å²) in [5.41, 5.74) is 8.62. The Morgan fingerprint density at radius 2 is 2.17 bits per heavy atom. The summed E-state index contributed by atoms with van der Waals surface area (Å²) in [6, 6.07) is 5.82. The molecule has 1 heterocycles. The highest BCUT2D eigenvalue weighted by molar-refractivity contribution is 7.51. The van der Waals surface area contributed by atoms with Crippen LogP contribution in [0.2, 0.25) is 0 Å². The highest BCUT2D eigenvalue weighted by atomic mass is 31.2. The van der Waals surface area contributed by atoms with E-state index in [1.165, 1.54) is 43.0 Å². The van der Waals surface area contributed by atoms with Crippen LogP contribution in [0.1, 0.15) is 0 Å². The Morgan fingerprint density at radius 3 is 2.72 bits per heavy atom. The maximum absolute atomic E-state index is 11.8. The van der Waals surface area contributed by atoms with E-state index in [4.69, 9.17) is 10.1 Å². The first kappa shape index (κ1) is 12.2. The fourth-order valence-electron chi connectivity index (χ4n) is 1.21. The molecular weight excluding hydrogens is 257 g/mol. The molecule has 0 saturated heterocycles. The molecule has 1 aromatic carbocycles. The fraction of sp³-hybridized carbons (Fsp3) is 0. The lowest BCUT2D eigenvalue weighted by molar-refractivity contribution is 0.368. The molecular formula is C9H8N5O3P. The summed E-state index contributed by atoms with van der Waals surface area (Å²) < 4.78 is 17.8. The van der Waals surface area contributed by atoms with Gasteiger partial charge in [-0.2, -0.15) is 0 Å². The fourth-order valence-corrected chi connectivity index (χ4v) is 2.12. The monoisotopic (exact) mass is 265 g/mol. The van der Waals surface area contributed by atoms with Gasteiger partial charge in [-0.15, -0.1) is 0 Å². The number of benzene rings is 1. The molecule has 8 nitrogen and oxygen atoms in total. The van der Waals surface area contributed by atoms with Crippen LogP contribution in [0.15, 0.2) is 48.1 Å². The summed E-state index contributed by atoms with van der Waals surface area (Å²) >= 11 is 0. The van der Waals surface area contributed by atoms with Crippen LogP contribution in [0.25, 0.3) is 10.4 Å². The summed E-state index contributed by atoms with van der Waals surface area (Å²) in [4.78, 5) is 16.0. The summed E-state index contributed by atoms with van der Waals surface area (Å²) in [6.07, 6.45) is 3.89. The van der Waals surface area contributed by atoms with Crippen molar-refractivity contribution >= 4 is 13.4 Å². The number of hydrogen-bond donors (Lipinski definition) is 1. The molecule has 1 N–H and O–H groups in total. The van der Waals surface area contributed by atoms with Gasteiger partial charge in [0.05, 0.1) is 0 Å². The lowest BCUT2D eigenvalue weighted by Gasteiger charge is -2.13. The first-order chi connectivity index (χ1) is 8.62. The molecule has 1 unspecified atom stereocenters. The van der Waals surface area contributed by atoms with E-state index >= 15 is 0 Å². The smallest absolute Gasteiger partial charge is 0.409 e. The van der Waals surface area contributed by atoms with Crippen LogP contribution in [0, 0.1) is 0 Å². The van der Waals surface area contributed by atoms with E-state index in [0.717, 1.165) is 4.34 Å². The van der Waals surface area contributed by atoms with Crippen LogP contribution < -0.4 is 4.52 Å². The van der Waals surface area contributed by atoms with Gasteiger partial charge in [-0.25, -0.2) is 13.9 Å². The van der Waals surface area contributed by atoms with Crippen LogP contribution >= 0.6 is 7.75 Å². The second-order valence-electron chi connectivity index (χ2n) is 3.21. The molecule has 0 saturated carbocycles. The average Bonchev–Trinajstić information content (AvgIpc) is 2.86. The minimum atomic E-state index is -4.00. The van der Waals surface area contributed by atoms with Gasteiger partial charge in [0.15, 0.2) is 0 Å². The lowest BCUT2D eigenvalue weighted by atomic mass is 10.3. The Morgan fingerprint density at radius 1 is 1.44 bits per heavy atom. The van der Waals surface area contributed by atoms with Gasteiger partial charge in [0, 0.05) is 23.0 Å². The molecule has 0 aliphatic carbocycles. The van der Waals surface area contributed by atoms with E-state index in [1.54, 1.807) is 0 Å². The van der Waals surface area contributed by atoms with Crippen LogP contribution in [0.3, 0.4) is 0 Å². The van der Waals surface area contributed by atoms with E-state index in [0.29, 0.717) is 5.69 Å². The van der Waals surface area contributed by atoms with Gasteiger partial charge in [-0.1, -0.05) is 5.11 Å². The van der Waals surface area contributed by atoms with Crippen LogP contribution in [-0.2, 0) is 4.57 Å². The van der Waals surface area contributed by atoms with Crippen molar-refractivity contribution in [3.05, 3.63) is 53.4 Å². The van der Waals surface area contributed by atoms with Crippen molar-refractivity contribution < 1.29 is 14.0 Å². The van der Waals surface area contributed by atoms with Crippen molar-refractivity contribution in [2.75, 3.05) is 0 Å². The number of nitrogens with zero attached hydrogens (tertiary/aromatic N) is 5. The quantitative estimate of drug-likeness (QED) is 0.396. The first-order valence-corrected chi connectivity index (χ1v) is 6.31. The molecule has 2 rings (SSSR count). The molecule has 18 heavy (non-hydrogen) atoms. The van der Waals surface area contributed by atoms with E-state index < -0.39 is 7.75 Å². The average molecular weight is 265 g/mol. The largest absolute Gasteiger partial charge is 0.491 e. The molecule has 2 aromatic rings. The van der Waals surface area contributed by atoms with E-state index in [9.17, 15) is 9.46 Å². The molecule has 0 aliphatic rings. The summed E-state index contributed by atoms with van der Waals surface area (Å²) in [6.45, 7) is 0. The topological polar surface area (TPSA) is 113 Å². The minimum Gasteiger partial charge on any atom is -0.409 e. The third kappa shape index (κ3) is 2.70. The van der Waals surface area contributed by atoms with Gasteiger partial charge in [0.1, 0.15) is 12.1 Å². The zero-order valence-electron chi connectivity index (χ0n) is 8.99. The van der Waals surface area contributed by atoms with E-state index in [1.807, 2.05) is 0 Å². The van der Waals surface area contributed by atoms with Crippen LogP contribution in [0.5, 0.6) is 5.75 Å². The third-order valence-corrected chi connectivity index (χ3v) is 3.27. The third-order valence-electron chi connectivity index (χ3n) is 2.00. The second kappa shape index (κ2) is 4.93. The molecule has 0 radical (unpaired) electrons. The number of rotatable bonds is 4. The molecule has 0 spiro atoms. The van der Waals surface area contributed by atoms with Gasteiger partial charge >= 0.3 is 7.75 Å². The predicted octanol–water partition coefficient (Wildman–Crippen LogP) is 2.85. The Hall–Kier alpha value is -2.27. The van der Waals surface area contributed by atoms with Gasteiger partial charge < -0.3 is 4.52 Å². The lowest BCUT2D eigenvalue weighted by Crippen LogP contribution is -2.00. The highest BCUT2D eigenvalue weighted by Gasteiger charge is 2.23. The molecule has 92 valence electrons. The Labute approximate surface area is 102 Å². The van der Waals surface area contributed by atoms with Gasteiger partial charge in [0.25, 0.3) is 0 Å². The number of azide groups is 1. The molecule has 0 amide bonds. The van der Waals surface area contributed by atoms with Gasteiger partial charge in [-0.3, -0.25) is 4.89 Å². The standard InChI is InChI=1S/C9H8N5O3P/c10-13-12-8-1-3-9(4-2-8)17-18(15,16)14-6-5-11-7-14/h1-7H,(H,15,16). The normalized spacial score (nSPS) is 13.4. The summed E-state index contributed by atoms with van der Waals surface area (Å²) in [7, 11) is -4.00. The van der Waals surface area contributed by atoms with E-state index in [2.05, 4.69) is 15.0 Å². The Kier molecular flexibility index (Phi) is 3.34. The van der Waals surface area contributed by atoms with Crippen molar-refractivity contribution in [3.63, 3.8) is 0 Å². The zero-order valence-corrected chi connectivity index (χ0v) is 9.88. The van der Waals surface area contributed by atoms with Gasteiger partial charge in [-0.05, 0) is 29.8 Å². The molecule has 1 aromatic heterocycles. The first-order valence-electron chi connectivity index (χ1n) is 4.78. The van der Waals surface area contributed by atoms with Crippen molar-refractivity contribution in [1.82, 2.24) is 9.32 Å². The second-order valence-corrected chi connectivity index (χ2v) is 4.83. The van der Waals surface area contributed by atoms with Crippen molar-refractivity contribution in [2.45, 2.75) is 0 Å². The molecule has 0 bridgehead atoms. The molecule has 9 heteroatoms. The molecule has 0 fully saturated rings. The SMILES string of the molecule is [N-]=[N+]=Nc1ccc(OP(=O)(O)n2ccnc2)cc1. The summed E-state index contributed by atoms with van der Waals surface area (Å²) in [5.74, 6) is 0.187. The maximum Gasteiger partial charge on any atom is 0.491 e. The minimum absolute atomic E-state index is 0.187. The number of aromatic nitrogens is 2. The Bertz CT molecular complexity index is 618.